The van der Waals surface area contributed by atoms with Crippen molar-refractivity contribution in [2.24, 2.45) is 16.7 Å². The first-order valence-electron chi connectivity index (χ1n) is 11.0. The molecule has 0 aromatic carbocycles. The van der Waals surface area contributed by atoms with Crippen LogP contribution in [-0.2, 0) is 0 Å². The van der Waals surface area contributed by atoms with Gasteiger partial charge < -0.3 is 26.4 Å². The van der Waals surface area contributed by atoms with Gasteiger partial charge in [0.25, 0.3) is 0 Å². The van der Waals surface area contributed by atoms with E-state index in [0.717, 1.165) is 6.42 Å². The number of hydrogen-bond donors (Lipinski definition) is 4. The Kier molecular flexibility index (Phi) is 7.98. The van der Waals surface area contributed by atoms with Gasteiger partial charge in [-0.05, 0) is 94.0 Å². The van der Waals surface area contributed by atoms with Crippen LogP contribution in [0.25, 0.3) is 0 Å². The summed E-state index contributed by atoms with van der Waals surface area (Å²) in [5, 5.41) is 27.0. The molecular formula is C24H41N5. The normalized spacial score (nSPS) is 20.7. The second-order valence-electron chi connectivity index (χ2n) is 10.4. The first kappa shape index (κ1) is 23.5. The molecule has 0 aromatic rings. The van der Waals surface area contributed by atoms with Crippen LogP contribution in [0.15, 0.2) is 23.9 Å². The quantitative estimate of drug-likeness (QED) is 0.409. The molecular weight excluding hydrogens is 358 g/mol. The molecule has 5 heteroatoms. The van der Waals surface area contributed by atoms with Crippen molar-refractivity contribution in [1.29, 1.82) is 16.2 Å². The number of piperidine rings is 1. The van der Waals surface area contributed by atoms with Gasteiger partial charge in [0.15, 0.2) is 0 Å². The van der Waals surface area contributed by atoms with E-state index < -0.39 is 0 Å². The van der Waals surface area contributed by atoms with Crippen LogP contribution in [0.4, 0.5) is 0 Å². The molecule has 0 aromatic heterocycles. The lowest BCUT2D eigenvalue weighted by Gasteiger charge is -2.52. The fourth-order valence-electron chi connectivity index (χ4n) is 4.65. The van der Waals surface area contributed by atoms with Gasteiger partial charge in [-0.3, -0.25) is 0 Å². The van der Waals surface area contributed by atoms with Gasteiger partial charge >= 0.3 is 0 Å². The summed E-state index contributed by atoms with van der Waals surface area (Å²) in [6, 6.07) is 0. The topological polar surface area (TPSA) is 86.8 Å². The molecule has 1 aliphatic heterocycles. The van der Waals surface area contributed by atoms with Crippen LogP contribution >= 0.6 is 0 Å². The highest BCUT2D eigenvalue weighted by Crippen LogP contribution is 2.53. The van der Waals surface area contributed by atoms with Gasteiger partial charge in [-0.25, -0.2) is 0 Å². The summed E-state index contributed by atoms with van der Waals surface area (Å²) >= 11 is 0. The average molecular weight is 400 g/mol. The fraction of sp³-hybridized carbons (Fsp3) is 0.708. The summed E-state index contributed by atoms with van der Waals surface area (Å²) in [5.41, 5.74) is 2.77. The van der Waals surface area contributed by atoms with Crippen molar-refractivity contribution >= 4 is 17.1 Å². The molecule has 0 amide bonds. The van der Waals surface area contributed by atoms with E-state index in [0.29, 0.717) is 33.7 Å². The van der Waals surface area contributed by atoms with Gasteiger partial charge in [-0.1, -0.05) is 20.8 Å². The standard InChI is InChI=1S/C24H41N5/c1-18(25)21(17-28-5)22(27)7-6-20(26)14-19-15-24(16-19)9-12-29(13-10-24)11-8-23(2,3)4/h6-7,17,19,25-28H,8-16H2,1-5H3/b7-6-,21-17+,25-18?,26-20?,27-22?. The zero-order chi connectivity index (χ0) is 21.7. The highest BCUT2D eigenvalue weighted by Gasteiger charge is 2.45. The molecule has 1 saturated carbocycles. The second kappa shape index (κ2) is 9.84. The van der Waals surface area contributed by atoms with Crippen LogP contribution in [0.2, 0.25) is 0 Å². The molecule has 1 saturated heterocycles. The van der Waals surface area contributed by atoms with Gasteiger partial charge in [0.1, 0.15) is 0 Å². The Balaban J connectivity index is 1.73. The van der Waals surface area contributed by atoms with Crippen LogP contribution < -0.4 is 5.32 Å². The van der Waals surface area contributed by atoms with Crippen molar-refractivity contribution in [1.82, 2.24) is 10.2 Å². The minimum atomic E-state index is 0.282. The summed E-state index contributed by atoms with van der Waals surface area (Å²) in [5.74, 6) is 0.624. The summed E-state index contributed by atoms with van der Waals surface area (Å²) in [6.07, 6.45) is 12.3. The van der Waals surface area contributed by atoms with E-state index in [4.69, 9.17) is 16.2 Å². The van der Waals surface area contributed by atoms with Gasteiger partial charge in [0, 0.05) is 30.2 Å². The Labute approximate surface area is 177 Å². The Morgan fingerprint density at radius 1 is 1.10 bits per heavy atom. The molecule has 1 aliphatic carbocycles. The number of likely N-dealkylation sites (tertiary alicyclic amines) is 1. The van der Waals surface area contributed by atoms with Gasteiger partial charge in [-0.15, -0.1) is 0 Å². The van der Waals surface area contributed by atoms with Crippen molar-refractivity contribution in [2.75, 3.05) is 26.7 Å². The number of hydrogen-bond acceptors (Lipinski definition) is 5. The highest BCUT2D eigenvalue weighted by atomic mass is 15.1. The van der Waals surface area contributed by atoms with Crippen molar-refractivity contribution < 1.29 is 0 Å². The number of rotatable bonds is 9. The Bertz CT molecular complexity index is 664. The number of nitrogens with zero attached hydrogens (tertiary/aromatic N) is 1. The van der Waals surface area contributed by atoms with E-state index in [1.807, 2.05) is 0 Å². The molecule has 1 heterocycles. The summed E-state index contributed by atoms with van der Waals surface area (Å²) in [4.78, 5) is 2.64. The predicted molar refractivity (Wildman–Crippen MR) is 125 cm³/mol. The molecule has 4 N–H and O–H groups in total. The van der Waals surface area contributed by atoms with Crippen LogP contribution in [0.1, 0.15) is 66.2 Å². The zero-order valence-electron chi connectivity index (χ0n) is 19.1. The molecule has 162 valence electrons. The Hall–Kier alpha value is -1.75. The third kappa shape index (κ3) is 7.22. The average Bonchev–Trinajstić information content (AvgIpc) is 2.61. The van der Waals surface area contributed by atoms with Crippen molar-refractivity contribution in [3.05, 3.63) is 23.9 Å². The van der Waals surface area contributed by atoms with Gasteiger partial charge in [-0.2, -0.15) is 0 Å². The minimum Gasteiger partial charge on any atom is -0.393 e. The van der Waals surface area contributed by atoms with Crippen LogP contribution in [0, 0.1) is 33.0 Å². The highest BCUT2D eigenvalue weighted by molar-refractivity contribution is 6.26. The van der Waals surface area contributed by atoms with E-state index in [2.05, 4.69) is 31.0 Å². The van der Waals surface area contributed by atoms with Gasteiger partial charge in [0.2, 0.25) is 0 Å². The summed E-state index contributed by atoms with van der Waals surface area (Å²) < 4.78 is 0. The first-order valence-corrected chi connectivity index (χ1v) is 11.0. The largest absolute Gasteiger partial charge is 0.393 e. The van der Waals surface area contributed by atoms with Crippen LogP contribution in [-0.4, -0.2) is 48.7 Å². The molecule has 29 heavy (non-hydrogen) atoms. The van der Waals surface area contributed by atoms with E-state index in [1.165, 1.54) is 51.7 Å². The Morgan fingerprint density at radius 2 is 1.72 bits per heavy atom. The van der Waals surface area contributed by atoms with E-state index in [1.54, 1.807) is 32.3 Å². The van der Waals surface area contributed by atoms with Crippen molar-refractivity contribution in [3.8, 4) is 0 Å². The first-order chi connectivity index (χ1) is 13.5. The summed E-state index contributed by atoms with van der Waals surface area (Å²) in [6.45, 7) is 12.3. The number of allylic oxidation sites excluding steroid dienone is 3. The molecule has 2 rings (SSSR count). The monoisotopic (exact) mass is 399 g/mol. The van der Waals surface area contributed by atoms with Crippen molar-refractivity contribution in [3.63, 3.8) is 0 Å². The van der Waals surface area contributed by atoms with Crippen LogP contribution in [0.3, 0.4) is 0 Å². The van der Waals surface area contributed by atoms with E-state index in [9.17, 15) is 0 Å². The lowest BCUT2D eigenvalue weighted by molar-refractivity contribution is -0.0120. The van der Waals surface area contributed by atoms with Gasteiger partial charge in [0.05, 0.1) is 5.71 Å². The second-order valence-corrected chi connectivity index (χ2v) is 10.4. The predicted octanol–water partition coefficient (Wildman–Crippen LogP) is 5.04. The molecule has 2 aliphatic rings. The van der Waals surface area contributed by atoms with E-state index in [-0.39, 0.29) is 5.71 Å². The third-order valence-corrected chi connectivity index (χ3v) is 6.48. The smallest absolute Gasteiger partial charge is 0.0645 e. The molecule has 0 radical (unpaired) electrons. The number of nitrogens with one attached hydrogen (secondary N) is 4. The maximum atomic E-state index is 8.27. The SMILES string of the molecule is CN/C=C(\C(C)=N)C(=N)/C=C\C(=N)CC1CC2(CCN(CCC(C)(C)C)CC2)C1. The zero-order valence-corrected chi connectivity index (χ0v) is 19.1. The maximum Gasteiger partial charge on any atom is 0.0645 e. The molecule has 0 atom stereocenters. The fourth-order valence-corrected chi connectivity index (χ4v) is 4.65. The maximum absolute atomic E-state index is 8.27. The Morgan fingerprint density at radius 3 is 2.24 bits per heavy atom. The third-order valence-electron chi connectivity index (χ3n) is 6.48. The lowest BCUT2D eigenvalue weighted by atomic mass is 9.56. The molecule has 0 unspecified atom stereocenters. The molecule has 5 nitrogen and oxygen atoms in total. The minimum absolute atomic E-state index is 0.282. The summed E-state index contributed by atoms with van der Waals surface area (Å²) in [7, 11) is 1.77. The molecule has 1 spiro atoms. The van der Waals surface area contributed by atoms with E-state index >= 15 is 0 Å². The molecule has 2 fully saturated rings. The lowest BCUT2D eigenvalue weighted by Crippen LogP contribution is -2.47. The molecule has 0 bridgehead atoms. The van der Waals surface area contributed by atoms with Crippen molar-refractivity contribution in [2.45, 2.75) is 66.2 Å². The van der Waals surface area contributed by atoms with Crippen LogP contribution in [0.5, 0.6) is 0 Å².